The summed E-state index contributed by atoms with van der Waals surface area (Å²) in [4.78, 5) is 7.29. The Bertz CT molecular complexity index is 804. The van der Waals surface area contributed by atoms with Gasteiger partial charge in [-0.25, -0.2) is 18.4 Å². The highest BCUT2D eigenvalue weighted by Crippen LogP contribution is 2.26. The van der Waals surface area contributed by atoms with E-state index in [2.05, 4.69) is 30.6 Å². The first-order valence-electron chi connectivity index (χ1n) is 5.13. The zero-order valence-electron chi connectivity index (χ0n) is 9.71. The van der Waals surface area contributed by atoms with Crippen LogP contribution in [-0.4, -0.2) is 18.4 Å². The van der Waals surface area contributed by atoms with Gasteiger partial charge in [-0.05, 0) is 34.1 Å². The van der Waals surface area contributed by atoms with Crippen LogP contribution in [0.1, 0.15) is 5.69 Å². The predicted molar refractivity (Wildman–Crippen MR) is 76.7 cm³/mol. The second-order valence-electron chi connectivity index (χ2n) is 3.56. The quantitative estimate of drug-likeness (QED) is 0.834. The molecule has 102 valence electrons. The number of anilines is 1. The fraction of sp³-hybridized carbons (Fsp3) is 0. The smallest absolute Gasteiger partial charge is 0.264 e. The lowest BCUT2D eigenvalue weighted by Gasteiger charge is -2.09. The van der Waals surface area contributed by atoms with Crippen molar-refractivity contribution < 1.29 is 8.42 Å². The molecule has 9 heteroatoms. The van der Waals surface area contributed by atoms with Crippen LogP contribution in [0.5, 0.6) is 0 Å². The van der Waals surface area contributed by atoms with E-state index in [0.29, 0.717) is 4.47 Å². The summed E-state index contributed by atoms with van der Waals surface area (Å²) in [5, 5.41) is 8.90. The molecule has 2 rings (SSSR count). The summed E-state index contributed by atoms with van der Waals surface area (Å²) in [6.45, 7) is 0. The summed E-state index contributed by atoms with van der Waals surface area (Å²) in [6, 6.07) is 5.90. The Balaban J connectivity index is 2.47. The number of hydrogen-bond acceptors (Lipinski definition) is 5. The first-order chi connectivity index (χ1) is 9.44. The second-order valence-corrected chi connectivity index (χ2v) is 6.48. The molecule has 2 aromatic rings. The molecule has 0 saturated carbocycles. The molecule has 0 bridgehead atoms. The van der Waals surface area contributed by atoms with Crippen molar-refractivity contribution in [1.29, 1.82) is 5.26 Å². The lowest BCUT2D eigenvalue weighted by atomic mass is 10.4. The third-order valence-corrected chi connectivity index (χ3v) is 4.35. The number of nitriles is 1. The minimum atomic E-state index is -3.98. The van der Waals surface area contributed by atoms with E-state index in [1.807, 2.05) is 0 Å². The highest BCUT2D eigenvalue weighted by molar-refractivity contribution is 9.10. The Hall–Kier alpha value is -1.69. The summed E-state index contributed by atoms with van der Waals surface area (Å²) in [5.41, 5.74) is -0.0899. The Kier molecular flexibility index (Phi) is 4.23. The summed E-state index contributed by atoms with van der Waals surface area (Å²) in [7, 11) is -3.98. The van der Waals surface area contributed by atoms with Crippen molar-refractivity contribution in [2.75, 3.05) is 4.72 Å². The first kappa shape index (κ1) is 14.7. The van der Waals surface area contributed by atoms with Gasteiger partial charge in [-0.3, -0.25) is 4.72 Å². The minimum Gasteiger partial charge on any atom is -0.276 e. The number of sulfonamides is 1. The molecule has 0 unspecified atom stereocenters. The van der Waals surface area contributed by atoms with Crippen LogP contribution in [0.15, 0.2) is 40.0 Å². The summed E-state index contributed by atoms with van der Waals surface area (Å²) in [5.74, 6) is 0. The van der Waals surface area contributed by atoms with E-state index < -0.39 is 10.0 Å². The average molecular weight is 374 g/mol. The summed E-state index contributed by atoms with van der Waals surface area (Å²) < 4.78 is 27.3. The maximum absolute atomic E-state index is 12.2. The third kappa shape index (κ3) is 3.07. The van der Waals surface area contributed by atoms with Crippen LogP contribution < -0.4 is 4.72 Å². The average Bonchev–Trinajstić information content (AvgIpc) is 2.42. The normalized spacial score (nSPS) is 10.8. The van der Waals surface area contributed by atoms with Crippen molar-refractivity contribution in [2.24, 2.45) is 0 Å². The molecule has 0 atom stereocenters. The van der Waals surface area contributed by atoms with Crippen molar-refractivity contribution in [1.82, 2.24) is 9.97 Å². The van der Waals surface area contributed by atoms with Crippen LogP contribution >= 0.6 is 27.5 Å². The molecular weight excluding hydrogens is 368 g/mol. The van der Waals surface area contributed by atoms with E-state index in [0.717, 1.165) is 0 Å². The zero-order valence-corrected chi connectivity index (χ0v) is 12.9. The minimum absolute atomic E-state index is 0.000766. The van der Waals surface area contributed by atoms with Crippen LogP contribution in [-0.2, 0) is 10.0 Å². The van der Waals surface area contributed by atoms with E-state index in [1.165, 1.54) is 30.6 Å². The molecular formula is C11H6BrClN4O2S. The van der Waals surface area contributed by atoms with Crippen LogP contribution in [0.25, 0.3) is 0 Å². The number of hydrogen-bond donors (Lipinski definition) is 1. The molecule has 20 heavy (non-hydrogen) atoms. The molecule has 6 nitrogen and oxygen atoms in total. The number of nitrogens with one attached hydrogen (secondary N) is 1. The van der Waals surface area contributed by atoms with Gasteiger partial charge in [-0.1, -0.05) is 11.6 Å². The van der Waals surface area contributed by atoms with Gasteiger partial charge < -0.3 is 0 Å². The van der Waals surface area contributed by atoms with Gasteiger partial charge in [0.1, 0.15) is 11.0 Å². The molecule has 2 heterocycles. The Labute approximate surface area is 128 Å². The SMILES string of the molecule is N#Cc1ncccc1S(=O)(=O)Nc1cc(Br)cnc1Cl. The standard InChI is InChI=1S/C11H6BrClN4O2S/c12-7-4-8(11(13)16-6-7)17-20(18,19)10-2-1-3-15-9(10)5-14/h1-4,6,17H. The molecule has 0 fully saturated rings. The molecule has 0 aliphatic carbocycles. The molecule has 0 spiro atoms. The van der Waals surface area contributed by atoms with Crippen molar-refractivity contribution in [3.8, 4) is 6.07 Å². The molecule has 0 radical (unpaired) electrons. The number of aromatic nitrogens is 2. The van der Waals surface area contributed by atoms with Gasteiger partial charge in [-0.15, -0.1) is 0 Å². The molecule has 0 aliphatic heterocycles. The lowest BCUT2D eigenvalue weighted by Crippen LogP contribution is -2.15. The molecule has 1 N–H and O–H groups in total. The van der Waals surface area contributed by atoms with E-state index in [1.54, 1.807) is 6.07 Å². The van der Waals surface area contributed by atoms with Crippen molar-refractivity contribution in [3.05, 3.63) is 45.9 Å². The van der Waals surface area contributed by atoms with Crippen LogP contribution in [0.4, 0.5) is 5.69 Å². The van der Waals surface area contributed by atoms with Gasteiger partial charge in [0.25, 0.3) is 10.0 Å². The van der Waals surface area contributed by atoms with Crippen LogP contribution in [0.3, 0.4) is 0 Å². The van der Waals surface area contributed by atoms with Crippen LogP contribution in [0.2, 0.25) is 5.15 Å². The van der Waals surface area contributed by atoms with E-state index >= 15 is 0 Å². The van der Waals surface area contributed by atoms with Gasteiger partial charge in [0, 0.05) is 16.9 Å². The van der Waals surface area contributed by atoms with E-state index in [9.17, 15) is 8.42 Å². The molecule has 2 aromatic heterocycles. The first-order valence-corrected chi connectivity index (χ1v) is 7.78. The highest BCUT2D eigenvalue weighted by atomic mass is 79.9. The maximum atomic E-state index is 12.2. The van der Waals surface area contributed by atoms with E-state index in [-0.39, 0.29) is 21.4 Å². The van der Waals surface area contributed by atoms with E-state index in [4.69, 9.17) is 16.9 Å². The van der Waals surface area contributed by atoms with Crippen molar-refractivity contribution in [2.45, 2.75) is 4.90 Å². The van der Waals surface area contributed by atoms with Crippen molar-refractivity contribution >= 4 is 43.2 Å². The number of rotatable bonds is 3. The summed E-state index contributed by atoms with van der Waals surface area (Å²) >= 11 is 8.99. The molecule has 0 aromatic carbocycles. The molecule has 0 aliphatic rings. The van der Waals surface area contributed by atoms with Gasteiger partial charge in [0.15, 0.2) is 10.8 Å². The second kappa shape index (κ2) is 5.75. The number of pyridine rings is 2. The predicted octanol–water partition coefficient (Wildman–Crippen LogP) is 2.56. The van der Waals surface area contributed by atoms with Gasteiger partial charge >= 0.3 is 0 Å². The number of halogens is 2. The Morgan fingerprint density at radius 2 is 2.15 bits per heavy atom. The molecule has 0 amide bonds. The fourth-order valence-electron chi connectivity index (χ4n) is 1.39. The van der Waals surface area contributed by atoms with Crippen molar-refractivity contribution in [3.63, 3.8) is 0 Å². The van der Waals surface area contributed by atoms with Gasteiger partial charge in [-0.2, -0.15) is 5.26 Å². The van der Waals surface area contributed by atoms with Gasteiger partial charge in [0.05, 0.1) is 5.69 Å². The maximum Gasteiger partial charge on any atom is 0.264 e. The molecule has 0 saturated heterocycles. The topological polar surface area (TPSA) is 95.7 Å². The third-order valence-electron chi connectivity index (χ3n) is 2.22. The Morgan fingerprint density at radius 1 is 1.40 bits per heavy atom. The number of nitrogens with zero attached hydrogens (tertiary/aromatic N) is 3. The largest absolute Gasteiger partial charge is 0.276 e. The monoisotopic (exact) mass is 372 g/mol. The highest BCUT2D eigenvalue weighted by Gasteiger charge is 2.20. The summed E-state index contributed by atoms with van der Waals surface area (Å²) in [6.07, 6.45) is 2.77. The zero-order chi connectivity index (χ0) is 14.8. The van der Waals surface area contributed by atoms with Crippen LogP contribution in [0, 0.1) is 11.3 Å². The fourth-order valence-corrected chi connectivity index (χ4v) is 3.09. The lowest BCUT2D eigenvalue weighted by molar-refractivity contribution is 0.600. The van der Waals surface area contributed by atoms with Gasteiger partial charge in [0.2, 0.25) is 0 Å². The Morgan fingerprint density at radius 3 is 2.85 bits per heavy atom.